The van der Waals surface area contributed by atoms with E-state index >= 15 is 0 Å². The number of hydrogen-bond acceptors (Lipinski definition) is 4. The van der Waals surface area contributed by atoms with Gasteiger partial charge in [-0.1, -0.05) is 18.2 Å². The van der Waals surface area contributed by atoms with E-state index in [0.29, 0.717) is 12.1 Å². The van der Waals surface area contributed by atoms with E-state index in [2.05, 4.69) is 22.2 Å². The van der Waals surface area contributed by atoms with Crippen LogP contribution in [0.5, 0.6) is 5.75 Å². The molecule has 0 spiro atoms. The highest BCUT2D eigenvalue weighted by atomic mass is 19.1. The van der Waals surface area contributed by atoms with Gasteiger partial charge in [-0.3, -0.25) is 9.69 Å². The number of methoxy groups -OCH3 is 1. The van der Waals surface area contributed by atoms with Crippen molar-refractivity contribution < 1.29 is 13.9 Å². The van der Waals surface area contributed by atoms with Crippen LogP contribution in [0.25, 0.3) is 0 Å². The maximum atomic E-state index is 13.4. The standard InChI is InChI=1S/C21H26FN3O2/c1-24-10-12-25(13-11-24)20(16-6-8-19(27-2)9-7-16)15-23-21(26)17-4-3-5-18(22)14-17/h3-9,14,20H,10-13,15H2,1-2H3,(H,23,26)/t20-/m1/s1. The van der Waals surface area contributed by atoms with Gasteiger partial charge < -0.3 is 15.0 Å². The van der Waals surface area contributed by atoms with Crippen molar-refractivity contribution in [2.24, 2.45) is 0 Å². The number of ether oxygens (including phenoxy) is 1. The van der Waals surface area contributed by atoms with E-state index in [0.717, 1.165) is 37.5 Å². The quantitative estimate of drug-likeness (QED) is 0.848. The molecule has 27 heavy (non-hydrogen) atoms. The average Bonchev–Trinajstić information content (AvgIpc) is 2.69. The lowest BCUT2D eigenvalue weighted by Crippen LogP contribution is -2.48. The Labute approximate surface area is 159 Å². The van der Waals surface area contributed by atoms with E-state index in [1.807, 2.05) is 24.3 Å². The molecule has 6 heteroatoms. The normalized spacial score (nSPS) is 16.7. The van der Waals surface area contributed by atoms with Gasteiger partial charge in [0.15, 0.2) is 0 Å². The van der Waals surface area contributed by atoms with E-state index in [1.165, 1.54) is 12.1 Å². The van der Waals surface area contributed by atoms with E-state index in [1.54, 1.807) is 19.2 Å². The van der Waals surface area contributed by atoms with Crippen molar-refractivity contribution in [3.8, 4) is 5.75 Å². The minimum Gasteiger partial charge on any atom is -0.497 e. The number of carbonyl (C=O) groups is 1. The summed E-state index contributed by atoms with van der Waals surface area (Å²) >= 11 is 0. The zero-order valence-electron chi connectivity index (χ0n) is 15.8. The van der Waals surface area contributed by atoms with Crippen LogP contribution >= 0.6 is 0 Å². The molecule has 0 aromatic heterocycles. The summed E-state index contributed by atoms with van der Waals surface area (Å²) in [5, 5.41) is 2.97. The lowest BCUT2D eigenvalue weighted by Gasteiger charge is -2.38. The third-order valence-electron chi connectivity index (χ3n) is 5.02. The first-order chi connectivity index (χ1) is 13.1. The molecule has 1 aliphatic rings. The van der Waals surface area contributed by atoms with Crippen LogP contribution in [0, 0.1) is 5.82 Å². The van der Waals surface area contributed by atoms with Gasteiger partial charge in [-0.2, -0.15) is 0 Å². The Morgan fingerprint density at radius 2 is 1.85 bits per heavy atom. The minimum atomic E-state index is -0.409. The third-order valence-corrected chi connectivity index (χ3v) is 5.02. The second kappa shape index (κ2) is 8.97. The van der Waals surface area contributed by atoms with Gasteiger partial charge in [0.25, 0.3) is 5.91 Å². The van der Waals surface area contributed by atoms with Gasteiger partial charge >= 0.3 is 0 Å². The van der Waals surface area contributed by atoms with E-state index in [4.69, 9.17) is 4.74 Å². The summed E-state index contributed by atoms with van der Waals surface area (Å²) in [5.41, 5.74) is 1.46. The van der Waals surface area contributed by atoms with Crippen LogP contribution in [-0.2, 0) is 0 Å². The molecule has 3 rings (SSSR count). The number of hydrogen-bond donors (Lipinski definition) is 1. The molecule has 5 nitrogen and oxygen atoms in total. The van der Waals surface area contributed by atoms with Crippen LogP contribution in [-0.4, -0.2) is 62.6 Å². The number of rotatable bonds is 6. The van der Waals surface area contributed by atoms with Crippen LogP contribution in [0.2, 0.25) is 0 Å². The van der Waals surface area contributed by atoms with Crippen LogP contribution in [0.15, 0.2) is 48.5 Å². The van der Waals surface area contributed by atoms with Gasteiger partial charge in [-0.05, 0) is 42.9 Å². The molecule has 1 amide bonds. The molecule has 1 saturated heterocycles. The first-order valence-electron chi connectivity index (χ1n) is 9.17. The SMILES string of the molecule is COc1ccc([C@@H](CNC(=O)c2cccc(F)c2)N2CCN(C)CC2)cc1. The Morgan fingerprint density at radius 1 is 1.15 bits per heavy atom. The molecule has 1 heterocycles. The van der Waals surface area contributed by atoms with E-state index < -0.39 is 5.82 Å². The summed E-state index contributed by atoms with van der Waals surface area (Å²) in [6.07, 6.45) is 0. The van der Waals surface area contributed by atoms with Gasteiger partial charge in [0.05, 0.1) is 13.2 Å². The Balaban J connectivity index is 1.73. The zero-order chi connectivity index (χ0) is 19.2. The molecule has 0 radical (unpaired) electrons. The maximum absolute atomic E-state index is 13.4. The highest BCUT2D eigenvalue weighted by molar-refractivity contribution is 5.94. The molecule has 1 aliphatic heterocycles. The number of nitrogens with zero attached hydrogens (tertiary/aromatic N) is 2. The number of piperazine rings is 1. The zero-order valence-corrected chi connectivity index (χ0v) is 15.8. The molecule has 0 aliphatic carbocycles. The lowest BCUT2D eigenvalue weighted by molar-refractivity contribution is 0.0886. The molecule has 1 fully saturated rings. The van der Waals surface area contributed by atoms with Gasteiger partial charge in [0.1, 0.15) is 11.6 Å². The summed E-state index contributed by atoms with van der Waals surface area (Å²) in [6.45, 7) is 4.31. The number of nitrogens with one attached hydrogen (secondary N) is 1. The number of halogens is 1. The summed E-state index contributed by atoms with van der Waals surface area (Å²) in [7, 11) is 3.76. The van der Waals surface area contributed by atoms with Crippen LogP contribution in [0.3, 0.4) is 0 Å². The predicted octanol–water partition coefficient (Wildman–Crippen LogP) is 2.55. The Hall–Kier alpha value is -2.44. The number of amides is 1. The summed E-state index contributed by atoms with van der Waals surface area (Å²) in [6, 6.07) is 13.8. The second-order valence-electron chi connectivity index (χ2n) is 6.85. The fourth-order valence-corrected chi connectivity index (χ4v) is 3.34. The molecule has 2 aromatic rings. The molecule has 1 atom stereocenters. The molecule has 144 valence electrons. The molecule has 0 saturated carbocycles. The lowest BCUT2D eigenvalue weighted by atomic mass is 10.0. The first kappa shape index (κ1) is 19.3. The molecule has 2 aromatic carbocycles. The number of carbonyl (C=O) groups excluding carboxylic acids is 1. The fourth-order valence-electron chi connectivity index (χ4n) is 3.34. The molecular formula is C21H26FN3O2. The monoisotopic (exact) mass is 371 g/mol. The van der Waals surface area contributed by atoms with Crippen molar-refractivity contribution in [3.63, 3.8) is 0 Å². The first-order valence-corrected chi connectivity index (χ1v) is 9.17. The summed E-state index contributed by atoms with van der Waals surface area (Å²) in [5.74, 6) is 0.134. The van der Waals surface area contributed by atoms with Crippen LogP contribution in [0.4, 0.5) is 4.39 Å². The number of benzene rings is 2. The third kappa shape index (κ3) is 5.05. The molecule has 0 bridgehead atoms. The Bertz CT molecular complexity index is 758. The summed E-state index contributed by atoms with van der Waals surface area (Å²) in [4.78, 5) is 17.1. The van der Waals surface area contributed by atoms with Gasteiger partial charge in [0.2, 0.25) is 0 Å². The van der Waals surface area contributed by atoms with Crippen molar-refractivity contribution in [2.45, 2.75) is 6.04 Å². The number of likely N-dealkylation sites (N-methyl/N-ethyl adjacent to an activating group) is 1. The van der Waals surface area contributed by atoms with Gasteiger partial charge in [0, 0.05) is 38.3 Å². The van der Waals surface area contributed by atoms with Crippen molar-refractivity contribution in [3.05, 3.63) is 65.5 Å². The smallest absolute Gasteiger partial charge is 0.251 e. The second-order valence-corrected chi connectivity index (χ2v) is 6.85. The predicted molar refractivity (Wildman–Crippen MR) is 104 cm³/mol. The Morgan fingerprint density at radius 3 is 2.48 bits per heavy atom. The Kier molecular flexibility index (Phi) is 6.42. The van der Waals surface area contributed by atoms with Crippen molar-refractivity contribution in [1.82, 2.24) is 15.1 Å². The highest BCUT2D eigenvalue weighted by Gasteiger charge is 2.24. The maximum Gasteiger partial charge on any atom is 0.251 e. The fraction of sp³-hybridized carbons (Fsp3) is 0.381. The molecule has 1 N–H and O–H groups in total. The van der Waals surface area contributed by atoms with Crippen molar-refractivity contribution in [2.75, 3.05) is 46.9 Å². The largest absolute Gasteiger partial charge is 0.497 e. The topological polar surface area (TPSA) is 44.8 Å². The highest BCUT2D eigenvalue weighted by Crippen LogP contribution is 2.24. The van der Waals surface area contributed by atoms with Crippen LogP contribution in [0.1, 0.15) is 22.0 Å². The van der Waals surface area contributed by atoms with Crippen molar-refractivity contribution >= 4 is 5.91 Å². The minimum absolute atomic E-state index is 0.0575. The van der Waals surface area contributed by atoms with Crippen molar-refractivity contribution in [1.29, 1.82) is 0 Å². The molecular weight excluding hydrogens is 345 g/mol. The van der Waals surface area contributed by atoms with E-state index in [-0.39, 0.29) is 11.9 Å². The van der Waals surface area contributed by atoms with E-state index in [9.17, 15) is 9.18 Å². The summed E-state index contributed by atoms with van der Waals surface area (Å²) < 4.78 is 18.6. The van der Waals surface area contributed by atoms with Crippen LogP contribution < -0.4 is 10.1 Å². The van der Waals surface area contributed by atoms with Gasteiger partial charge in [-0.25, -0.2) is 4.39 Å². The molecule has 0 unspecified atom stereocenters. The average molecular weight is 371 g/mol. The van der Waals surface area contributed by atoms with Gasteiger partial charge in [-0.15, -0.1) is 0 Å².